The standard InChI is InChI=1S/C18H20O3S/c1-2-20-18(19)14-22-13-16-9-6-10-17(11-16)21-12-15-7-4-3-5-8-15/h3-11H,2,12-14H2,1H3. The molecule has 0 aliphatic heterocycles. The molecule has 0 aliphatic rings. The zero-order chi connectivity index (χ0) is 15.6. The molecule has 0 aromatic heterocycles. The van der Waals surface area contributed by atoms with Gasteiger partial charge in [-0.05, 0) is 30.2 Å². The highest BCUT2D eigenvalue weighted by atomic mass is 32.2. The predicted molar refractivity (Wildman–Crippen MR) is 90.0 cm³/mol. The third-order valence-corrected chi connectivity index (χ3v) is 3.92. The van der Waals surface area contributed by atoms with E-state index in [2.05, 4.69) is 0 Å². The molecule has 0 unspecified atom stereocenters. The summed E-state index contributed by atoms with van der Waals surface area (Å²) in [5, 5.41) is 0. The molecular weight excluding hydrogens is 296 g/mol. The highest BCUT2D eigenvalue weighted by Gasteiger charge is 2.03. The summed E-state index contributed by atoms with van der Waals surface area (Å²) in [6.45, 7) is 2.80. The van der Waals surface area contributed by atoms with E-state index in [9.17, 15) is 4.79 Å². The second-order valence-corrected chi connectivity index (χ2v) is 5.71. The van der Waals surface area contributed by atoms with Gasteiger partial charge in [0.05, 0.1) is 12.4 Å². The van der Waals surface area contributed by atoms with Crippen LogP contribution in [0.15, 0.2) is 54.6 Å². The maximum Gasteiger partial charge on any atom is 0.315 e. The Balaban J connectivity index is 1.81. The molecule has 0 atom stereocenters. The Morgan fingerprint density at radius 1 is 1.05 bits per heavy atom. The highest BCUT2D eigenvalue weighted by molar-refractivity contribution is 7.99. The third-order valence-electron chi connectivity index (χ3n) is 2.94. The van der Waals surface area contributed by atoms with Crippen LogP contribution < -0.4 is 4.74 Å². The Kier molecular flexibility index (Phi) is 6.84. The molecule has 22 heavy (non-hydrogen) atoms. The fraction of sp³-hybridized carbons (Fsp3) is 0.278. The molecular formula is C18H20O3S. The minimum atomic E-state index is -0.163. The Morgan fingerprint density at radius 2 is 1.82 bits per heavy atom. The van der Waals surface area contributed by atoms with Gasteiger partial charge in [0.25, 0.3) is 0 Å². The number of rotatable bonds is 8. The average Bonchev–Trinajstić information content (AvgIpc) is 2.55. The van der Waals surface area contributed by atoms with E-state index in [1.807, 2.05) is 61.5 Å². The number of thioether (sulfide) groups is 1. The third kappa shape index (κ3) is 5.82. The van der Waals surface area contributed by atoms with Crippen molar-refractivity contribution in [2.75, 3.05) is 12.4 Å². The first-order valence-corrected chi connectivity index (χ1v) is 8.42. The van der Waals surface area contributed by atoms with Crippen molar-refractivity contribution < 1.29 is 14.3 Å². The van der Waals surface area contributed by atoms with Crippen LogP contribution in [0, 0.1) is 0 Å². The average molecular weight is 316 g/mol. The molecule has 4 heteroatoms. The van der Waals surface area contributed by atoms with Gasteiger partial charge < -0.3 is 9.47 Å². The van der Waals surface area contributed by atoms with Gasteiger partial charge in [-0.25, -0.2) is 0 Å². The quantitative estimate of drug-likeness (QED) is 0.688. The molecule has 0 N–H and O–H groups in total. The van der Waals surface area contributed by atoms with Crippen LogP contribution >= 0.6 is 11.8 Å². The first-order chi connectivity index (χ1) is 10.8. The lowest BCUT2D eigenvalue weighted by molar-refractivity contribution is -0.139. The van der Waals surface area contributed by atoms with E-state index < -0.39 is 0 Å². The molecule has 0 aliphatic carbocycles. The van der Waals surface area contributed by atoms with Gasteiger partial charge in [0.15, 0.2) is 0 Å². The fourth-order valence-electron chi connectivity index (χ4n) is 1.92. The predicted octanol–water partition coefficient (Wildman–Crippen LogP) is 4.06. The van der Waals surface area contributed by atoms with E-state index in [0.717, 1.165) is 22.6 Å². The second kappa shape index (κ2) is 9.15. The largest absolute Gasteiger partial charge is 0.489 e. The number of ether oxygens (including phenoxy) is 2. The Hall–Kier alpha value is -1.94. The summed E-state index contributed by atoms with van der Waals surface area (Å²) < 4.78 is 10.7. The van der Waals surface area contributed by atoms with Gasteiger partial charge in [-0.2, -0.15) is 0 Å². The lowest BCUT2D eigenvalue weighted by Crippen LogP contribution is -2.06. The summed E-state index contributed by atoms with van der Waals surface area (Å²) >= 11 is 1.55. The molecule has 2 aromatic rings. The lowest BCUT2D eigenvalue weighted by Gasteiger charge is -2.08. The van der Waals surface area contributed by atoms with Gasteiger partial charge in [0.2, 0.25) is 0 Å². The molecule has 2 aromatic carbocycles. The molecule has 0 saturated carbocycles. The van der Waals surface area contributed by atoms with Crippen molar-refractivity contribution in [1.82, 2.24) is 0 Å². The summed E-state index contributed by atoms with van der Waals surface area (Å²) in [5.74, 6) is 1.83. The van der Waals surface area contributed by atoms with Gasteiger partial charge in [0.1, 0.15) is 12.4 Å². The number of hydrogen-bond acceptors (Lipinski definition) is 4. The van der Waals surface area contributed by atoms with E-state index in [-0.39, 0.29) is 5.97 Å². The van der Waals surface area contributed by atoms with Crippen molar-refractivity contribution in [2.45, 2.75) is 19.3 Å². The molecule has 0 heterocycles. The SMILES string of the molecule is CCOC(=O)CSCc1cccc(OCc2ccccc2)c1. The van der Waals surface area contributed by atoms with E-state index in [1.54, 1.807) is 11.8 Å². The van der Waals surface area contributed by atoms with Crippen LogP contribution in [0.25, 0.3) is 0 Å². The normalized spacial score (nSPS) is 10.2. The molecule has 0 spiro atoms. The van der Waals surface area contributed by atoms with Crippen molar-refractivity contribution in [2.24, 2.45) is 0 Å². The van der Waals surface area contributed by atoms with Gasteiger partial charge in [0, 0.05) is 5.75 Å². The molecule has 0 bridgehead atoms. The molecule has 3 nitrogen and oxygen atoms in total. The zero-order valence-electron chi connectivity index (χ0n) is 12.7. The van der Waals surface area contributed by atoms with Crippen LogP contribution in [0.4, 0.5) is 0 Å². The summed E-state index contributed by atoms with van der Waals surface area (Å²) in [4.78, 5) is 11.3. The summed E-state index contributed by atoms with van der Waals surface area (Å²) in [7, 11) is 0. The Bertz CT molecular complexity index is 584. The Morgan fingerprint density at radius 3 is 2.59 bits per heavy atom. The van der Waals surface area contributed by atoms with Crippen molar-refractivity contribution in [3.63, 3.8) is 0 Å². The van der Waals surface area contributed by atoms with Crippen LogP contribution in [-0.2, 0) is 21.9 Å². The van der Waals surface area contributed by atoms with E-state index in [0.29, 0.717) is 19.0 Å². The summed E-state index contributed by atoms with van der Waals surface area (Å²) in [5.41, 5.74) is 2.28. The van der Waals surface area contributed by atoms with Gasteiger partial charge in [-0.1, -0.05) is 42.5 Å². The van der Waals surface area contributed by atoms with Gasteiger partial charge >= 0.3 is 5.97 Å². The van der Waals surface area contributed by atoms with Crippen LogP contribution in [0.3, 0.4) is 0 Å². The van der Waals surface area contributed by atoms with Crippen LogP contribution in [-0.4, -0.2) is 18.3 Å². The van der Waals surface area contributed by atoms with Crippen molar-refractivity contribution in [3.05, 3.63) is 65.7 Å². The van der Waals surface area contributed by atoms with E-state index in [4.69, 9.17) is 9.47 Å². The van der Waals surface area contributed by atoms with Crippen molar-refractivity contribution >= 4 is 17.7 Å². The van der Waals surface area contributed by atoms with Crippen LogP contribution in [0.1, 0.15) is 18.1 Å². The maximum absolute atomic E-state index is 11.3. The summed E-state index contributed by atoms with van der Waals surface area (Å²) in [6, 6.07) is 18.0. The first-order valence-electron chi connectivity index (χ1n) is 7.27. The topological polar surface area (TPSA) is 35.5 Å². The fourth-order valence-corrected chi connectivity index (χ4v) is 2.69. The molecule has 2 rings (SSSR count). The zero-order valence-corrected chi connectivity index (χ0v) is 13.5. The molecule has 0 fully saturated rings. The number of carbonyl (C=O) groups excluding carboxylic acids is 1. The molecule has 116 valence electrons. The molecule has 0 amide bonds. The van der Waals surface area contributed by atoms with E-state index >= 15 is 0 Å². The monoisotopic (exact) mass is 316 g/mol. The van der Waals surface area contributed by atoms with E-state index in [1.165, 1.54) is 0 Å². The maximum atomic E-state index is 11.3. The minimum Gasteiger partial charge on any atom is -0.489 e. The van der Waals surface area contributed by atoms with Crippen LogP contribution in [0.5, 0.6) is 5.75 Å². The smallest absolute Gasteiger partial charge is 0.315 e. The van der Waals surface area contributed by atoms with Crippen molar-refractivity contribution in [1.29, 1.82) is 0 Å². The first kappa shape index (κ1) is 16.4. The second-order valence-electron chi connectivity index (χ2n) is 4.72. The Labute approximate surface area is 135 Å². The number of hydrogen-bond donors (Lipinski definition) is 0. The number of benzene rings is 2. The molecule has 0 radical (unpaired) electrons. The molecule has 0 saturated heterocycles. The minimum absolute atomic E-state index is 0.163. The van der Waals surface area contributed by atoms with Gasteiger partial charge in [-0.15, -0.1) is 11.8 Å². The highest BCUT2D eigenvalue weighted by Crippen LogP contribution is 2.19. The number of carbonyl (C=O) groups is 1. The van der Waals surface area contributed by atoms with Crippen LogP contribution in [0.2, 0.25) is 0 Å². The lowest BCUT2D eigenvalue weighted by atomic mass is 10.2. The van der Waals surface area contributed by atoms with Crippen molar-refractivity contribution in [3.8, 4) is 5.75 Å². The van der Waals surface area contributed by atoms with Gasteiger partial charge in [-0.3, -0.25) is 4.79 Å². The summed E-state index contributed by atoms with van der Waals surface area (Å²) in [6.07, 6.45) is 0. The number of esters is 1.